The molecule has 5 nitrogen and oxygen atoms in total. The molecule has 0 aliphatic heterocycles. The van der Waals surface area contributed by atoms with Gasteiger partial charge in [-0.2, -0.15) is 0 Å². The monoisotopic (exact) mass is 581 g/mol. The van der Waals surface area contributed by atoms with E-state index in [0.717, 1.165) is 50.8 Å². The van der Waals surface area contributed by atoms with Gasteiger partial charge in [0.25, 0.3) is 0 Å². The van der Waals surface area contributed by atoms with Crippen LogP contribution in [0.15, 0.2) is 121 Å². The van der Waals surface area contributed by atoms with Gasteiger partial charge in [0.05, 0.1) is 16.9 Å². The summed E-state index contributed by atoms with van der Waals surface area (Å²) in [6, 6.07) is 33.6. The molecule has 8 rings (SSSR count). The van der Waals surface area contributed by atoms with Crippen molar-refractivity contribution in [2.24, 2.45) is 5.92 Å². The van der Waals surface area contributed by atoms with Crippen LogP contribution in [0.4, 0.5) is 0 Å². The fourth-order valence-electron chi connectivity index (χ4n) is 6.43. The Kier molecular flexibility index (Phi) is 6.53. The lowest BCUT2D eigenvalue weighted by atomic mass is 9.88. The highest BCUT2D eigenvalue weighted by molar-refractivity contribution is 6.22. The Hall–Kier alpha value is -5.55. The normalized spacial score (nSPS) is 15.0. The van der Waals surface area contributed by atoms with Gasteiger partial charge in [0.15, 0.2) is 17.5 Å². The zero-order valence-corrected chi connectivity index (χ0v) is 25.5. The molecule has 1 aliphatic rings. The summed E-state index contributed by atoms with van der Waals surface area (Å²) in [6.45, 7) is 6.50. The first-order chi connectivity index (χ1) is 22.0. The fraction of sp³-hybridized carbons (Fsp3) is 0.125. The maximum atomic E-state index is 5.17. The van der Waals surface area contributed by atoms with Gasteiger partial charge < -0.3 is 0 Å². The van der Waals surface area contributed by atoms with E-state index < -0.39 is 0 Å². The standard InChI is InChI=1S/C40H31N5/c1-24-12-15-28(16-13-24)38-43-39(45-40(44-38)30-18-14-25(2)22-26(30)3)29-20-21-41-35(23-29)37-33-19-17-27-8-4-5-9-31(27)36(33)32-10-6-7-11-34(32)42-37/h4-21,23,26H,22H2,1-3H3. The van der Waals surface area contributed by atoms with Gasteiger partial charge in [0.2, 0.25) is 0 Å². The second-order valence-corrected chi connectivity index (χ2v) is 12.0. The van der Waals surface area contributed by atoms with E-state index in [9.17, 15) is 0 Å². The van der Waals surface area contributed by atoms with Crippen LogP contribution in [0.25, 0.3) is 72.2 Å². The van der Waals surface area contributed by atoms with Crippen molar-refractivity contribution in [3.63, 3.8) is 0 Å². The van der Waals surface area contributed by atoms with E-state index in [1.54, 1.807) is 0 Å². The first kappa shape index (κ1) is 27.0. The minimum atomic E-state index is 0.312. The molecule has 1 atom stereocenters. The van der Waals surface area contributed by atoms with E-state index in [1.807, 2.05) is 18.3 Å². The van der Waals surface area contributed by atoms with Crippen molar-refractivity contribution in [2.45, 2.75) is 27.2 Å². The quantitative estimate of drug-likeness (QED) is 0.194. The van der Waals surface area contributed by atoms with E-state index in [4.69, 9.17) is 24.9 Å². The molecule has 216 valence electrons. The zero-order chi connectivity index (χ0) is 30.5. The van der Waals surface area contributed by atoms with E-state index in [-0.39, 0.29) is 0 Å². The second-order valence-electron chi connectivity index (χ2n) is 12.0. The molecule has 0 N–H and O–H groups in total. The summed E-state index contributed by atoms with van der Waals surface area (Å²) in [6.07, 6.45) is 7.16. The number of nitrogens with zero attached hydrogens (tertiary/aromatic N) is 5. The molecule has 0 saturated heterocycles. The molecule has 0 radical (unpaired) electrons. The lowest BCUT2D eigenvalue weighted by Crippen LogP contribution is -2.09. The van der Waals surface area contributed by atoms with Crippen molar-refractivity contribution in [2.75, 3.05) is 0 Å². The summed E-state index contributed by atoms with van der Waals surface area (Å²) in [7, 11) is 0. The van der Waals surface area contributed by atoms with Gasteiger partial charge in [-0.15, -0.1) is 0 Å². The minimum Gasteiger partial charge on any atom is -0.255 e. The van der Waals surface area contributed by atoms with Crippen molar-refractivity contribution in [3.8, 4) is 34.2 Å². The number of allylic oxidation sites excluding steroid dienone is 4. The average molecular weight is 582 g/mol. The molecule has 1 unspecified atom stereocenters. The highest BCUT2D eigenvalue weighted by Crippen LogP contribution is 2.37. The summed E-state index contributed by atoms with van der Waals surface area (Å²) in [5, 5.41) is 5.79. The van der Waals surface area contributed by atoms with E-state index >= 15 is 0 Å². The van der Waals surface area contributed by atoms with Crippen molar-refractivity contribution < 1.29 is 0 Å². The van der Waals surface area contributed by atoms with Crippen molar-refractivity contribution >= 4 is 38.0 Å². The third kappa shape index (κ3) is 4.87. The third-order valence-electron chi connectivity index (χ3n) is 8.76. The molecule has 7 aromatic rings. The number of hydrogen-bond donors (Lipinski definition) is 0. The Morgan fingerprint density at radius 3 is 2.18 bits per heavy atom. The largest absolute Gasteiger partial charge is 0.255 e. The summed E-state index contributed by atoms with van der Waals surface area (Å²) in [5.41, 5.74) is 8.08. The predicted molar refractivity (Wildman–Crippen MR) is 184 cm³/mol. The Balaban J connectivity index is 1.33. The lowest BCUT2D eigenvalue weighted by Gasteiger charge is -2.20. The van der Waals surface area contributed by atoms with Gasteiger partial charge in [-0.25, -0.2) is 19.9 Å². The van der Waals surface area contributed by atoms with Crippen LogP contribution in [0.1, 0.15) is 31.7 Å². The number of rotatable bonds is 4. The summed E-state index contributed by atoms with van der Waals surface area (Å²) >= 11 is 0. The van der Waals surface area contributed by atoms with Crippen LogP contribution < -0.4 is 0 Å². The van der Waals surface area contributed by atoms with Gasteiger partial charge >= 0.3 is 0 Å². The number of hydrogen-bond acceptors (Lipinski definition) is 5. The van der Waals surface area contributed by atoms with Crippen molar-refractivity contribution in [1.82, 2.24) is 24.9 Å². The average Bonchev–Trinajstić information content (AvgIpc) is 3.08. The zero-order valence-electron chi connectivity index (χ0n) is 25.5. The minimum absolute atomic E-state index is 0.312. The molecular formula is C40H31N5. The van der Waals surface area contributed by atoms with Crippen LogP contribution in [0.2, 0.25) is 0 Å². The molecule has 0 bridgehead atoms. The van der Waals surface area contributed by atoms with Crippen LogP contribution in [0.5, 0.6) is 0 Å². The van der Waals surface area contributed by atoms with Gasteiger partial charge in [0, 0.05) is 39.1 Å². The highest BCUT2D eigenvalue weighted by Gasteiger charge is 2.21. The molecule has 45 heavy (non-hydrogen) atoms. The van der Waals surface area contributed by atoms with Crippen LogP contribution in [-0.2, 0) is 0 Å². The number of fused-ring (bicyclic) bond motifs is 5. The molecule has 4 aromatic carbocycles. The molecule has 5 heteroatoms. The van der Waals surface area contributed by atoms with Gasteiger partial charge in [0.1, 0.15) is 0 Å². The van der Waals surface area contributed by atoms with Gasteiger partial charge in [-0.05, 0) is 55.2 Å². The third-order valence-corrected chi connectivity index (χ3v) is 8.76. The van der Waals surface area contributed by atoms with E-state index in [1.165, 1.54) is 27.3 Å². The predicted octanol–water partition coefficient (Wildman–Crippen LogP) is 9.80. The van der Waals surface area contributed by atoms with Crippen LogP contribution >= 0.6 is 0 Å². The first-order valence-corrected chi connectivity index (χ1v) is 15.4. The summed E-state index contributed by atoms with van der Waals surface area (Å²) < 4.78 is 0. The van der Waals surface area contributed by atoms with Crippen LogP contribution in [0.3, 0.4) is 0 Å². The Morgan fingerprint density at radius 2 is 1.36 bits per heavy atom. The molecule has 0 amide bonds. The van der Waals surface area contributed by atoms with Gasteiger partial charge in [-0.1, -0.05) is 109 Å². The fourth-order valence-corrected chi connectivity index (χ4v) is 6.43. The lowest BCUT2D eigenvalue weighted by molar-refractivity contribution is 0.718. The number of benzene rings is 4. The number of para-hydroxylation sites is 1. The Bertz CT molecular complexity index is 2320. The van der Waals surface area contributed by atoms with Gasteiger partial charge in [-0.3, -0.25) is 4.98 Å². The Morgan fingerprint density at radius 1 is 0.622 bits per heavy atom. The summed E-state index contributed by atoms with van der Waals surface area (Å²) in [5.74, 6) is 2.31. The molecule has 3 aromatic heterocycles. The van der Waals surface area contributed by atoms with Crippen LogP contribution in [-0.4, -0.2) is 24.9 Å². The molecule has 0 fully saturated rings. The van der Waals surface area contributed by atoms with Crippen molar-refractivity contribution in [1.29, 1.82) is 0 Å². The molecule has 3 heterocycles. The molecular weight excluding hydrogens is 550 g/mol. The first-order valence-electron chi connectivity index (χ1n) is 15.4. The number of aromatic nitrogens is 5. The maximum Gasteiger partial charge on any atom is 0.164 e. The van der Waals surface area contributed by atoms with Crippen molar-refractivity contribution in [3.05, 3.63) is 132 Å². The summed E-state index contributed by atoms with van der Waals surface area (Å²) in [4.78, 5) is 25.1. The van der Waals surface area contributed by atoms with E-state index in [0.29, 0.717) is 23.4 Å². The van der Waals surface area contributed by atoms with E-state index in [2.05, 4.69) is 118 Å². The number of pyridine rings is 2. The Labute approximate surface area is 262 Å². The topological polar surface area (TPSA) is 64.5 Å². The van der Waals surface area contributed by atoms with Crippen LogP contribution in [0, 0.1) is 12.8 Å². The second kappa shape index (κ2) is 10.9. The molecule has 0 spiro atoms. The molecule has 0 saturated carbocycles. The molecule has 1 aliphatic carbocycles. The SMILES string of the molecule is CC1=CC=C(c2nc(-c3ccc(C)cc3)nc(-c3ccnc(-c4nc5ccccc5c5c4ccc4ccccc45)c3)n2)C(C)C1. The maximum absolute atomic E-state index is 5.17. The number of aryl methyl sites for hydroxylation is 1. The highest BCUT2D eigenvalue weighted by atomic mass is 15.0. The smallest absolute Gasteiger partial charge is 0.164 e.